The minimum atomic E-state index is -0.255. The van der Waals surface area contributed by atoms with E-state index < -0.39 is 0 Å². The molecule has 0 saturated carbocycles. The van der Waals surface area contributed by atoms with Crippen molar-refractivity contribution >= 4 is 5.91 Å². The summed E-state index contributed by atoms with van der Waals surface area (Å²) in [5.74, 6) is 4.97. The van der Waals surface area contributed by atoms with Gasteiger partial charge in [0.15, 0.2) is 0 Å². The number of nitrogens with one attached hydrogen (secondary N) is 1. The zero-order valence-corrected chi connectivity index (χ0v) is 12.5. The Balaban J connectivity index is 2.07. The van der Waals surface area contributed by atoms with Crippen LogP contribution in [0.3, 0.4) is 0 Å². The van der Waals surface area contributed by atoms with E-state index in [4.69, 9.17) is 5.84 Å². The summed E-state index contributed by atoms with van der Waals surface area (Å²) < 4.78 is 0. The summed E-state index contributed by atoms with van der Waals surface area (Å²) in [4.78, 5) is 13.9. The molecule has 2 aromatic rings. The number of carbonyl (C=O) groups is 1. The third-order valence-electron chi connectivity index (χ3n) is 3.41. The number of benzene rings is 2. The Morgan fingerprint density at radius 3 is 2.43 bits per heavy atom. The number of carbonyl (C=O) groups excluding carboxylic acids is 1. The van der Waals surface area contributed by atoms with Gasteiger partial charge in [0.25, 0.3) is 5.91 Å². The predicted octanol–water partition coefficient (Wildman–Crippen LogP) is 2.23. The Labute approximate surface area is 125 Å². The van der Waals surface area contributed by atoms with E-state index in [2.05, 4.69) is 41.5 Å². The molecule has 3 N–H and O–H groups in total. The number of hydrazine groups is 1. The molecule has 110 valence electrons. The monoisotopic (exact) mass is 283 g/mol. The van der Waals surface area contributed by atoms with Crippen LogP contribution in [0.4, 0.5) is 0 Å². The lowest BCUT2D eigenvalue weighted by Gasteiger charge is -2.18. The summed E-state index contributed by atoms with van der Waals surface area (Å²) in [6, 6.07) is 16.0. The molecule has 4 nitrogen and oxygen atoms in total. The van der Waals surface area contributed by atoms with Crippen LogP contribution in [-0.2, 0) is 13.1 Å². The van der Waals surface area contributed by atoms with Gasteiger partial charge in [0.2, 0.25) is 0 Å². The second-order valence-electron chi connectivity index (χ2n) is 5.29. The van der Waals surface area contributed by atoms with Gasteiger partial charge in [-0.25, -0.2) is 5.84 Å². The highest BCUT2D eigenvalue weighted by atomic mass is 16.2. The Bertz CT molecular complexity index is 608. The minimum Gasteiger partial charge on any atom is -0.298 e. The SMILES string of the molecule is Cc1ccc(CN(C)Cc2ccccc2C(=O)NN)cc1. The van der Waals surface area contributed by atoms with Crippen LogP contribution in [0.15, 0.2) is 48.5 Å². The van der Waals surface area contributed by atoms with Gasteiger partial charge in [-0.3, -0.25) is 15.1 Å². The first-order chi connectivity index (χ1) is 10.1. The van der Waals surface area contributed by atoms with Crippen LogP contribution in [-0.4, -0.2) is 17.9 Å². The summed E-state index contributed by atoms with van der Waals surface area (Å²) >= 11 is 0. The molecule has 0 spiro atoms. The third kappa shape index (κ3) is 4.15. The van der Waals surface area contributed by atoms with Gasteiger partial charge in [-0.1, -0.05) is 48.0 Å². The molecule has 0 aliphatic carbocycles. The molecular formula is C17H21N3O. The predicted molar refractivity (Wildman–Crippen MR) is 84.4 cm³/mol. The normalized spacial score (nSPS) is 10.7. The van der Waals surface area contributed by atoms with E-state index >= 15 is 0 Å². The second-order valence-corrected chi connectivity index (χ2v) is 5.29. The fourth-order valence-corrected chi connectivity index (χ4v) is 2.31. The van der Waals surface area contributed by atoms with Crippen molar-refractivity contribution in [2.75, 3.05) is 7.05 Å². The van der Waals surface area contributed by atoms with Gasteiger partial charge in [0.05, 0.1) is 0 Å². The van der Waals surface area contributed by atoms with Crippen LogP contribution in [0, 0.1) is 6.92 Å². The number of aryl methyl sites for hydroxylation is 1. The van der Waals surface area contributed by atoms with Crippen molar-refractivity contribution in [1.82, 2.24) is 10.3 Å². The lowest BCUT2D eigenvalue weighted by Crippen LogP contribution is -2.31. The molecular weight excluding hydrogens is 262 g/mol. The maximum absolute atomic E-state index is 11.8. The average molecular weight is 283 g/mol. The maximum atomic E-state index is 11.8. The molecule has 2 rings (SSSR count). The molecule has 0 aromatic heterocycles. The molecule has 0 radical (unpaired) electrons. The lowest BCUT2D eigenvalue weighted by molar-refractivity contribution is 0.0952. The molecule has 0 atom stereocenters. The number of hydrogen-bond donors (Lipinski definition) is 2. The quantitative estimate of drug-likeness (QED) is 0.502. The minimum absolute atomic E-state index is 0.255. The molecule has 0 unspecified atom stereocenters. The van der Waals surface area contributed by atoms with Gasteiger partial charge in [-0.15, -0.1) is 0 Å². The number of hydrogen-bond acceptors (Lipinski definition) is 3. The summed E-state index contributed by atoms with van der Waals surface area (Å²) in [7, 11) is 2.04. The van der Waals surface area contributed by atoms with Crippen molar-refractivity contribution in [1.29, 1.82) is 0 Å². The summed E-state index contributed by atoms with van der Waals surface area (Å²) in [6.45, 7) is 3.60. The van der Waals surface area contributed by atoms with Gasteiger partial charge in [0, 0.05) is 18.7 Å². The molecule has 1 amide bonds. The van der Waals surface area contributed by atoms with Crippen molar-refractivity contribution in [2.45, 2.75) is 20.0 Å². The number of rotatable bonds is 5. The van der Waals surface area contributed by atoms with Crippen LogP contribution in [0.5, 0.6) is 0 Å². The molecule has 0 aliphatic rings. The summed E-state index contributed by atoms with van der Waals surface area (Å²) in [6.07, 6.45) is 0. The highest BCUT2D eigenvalue weighted by Crippen LogP contribution is 2.13. The zero-order valence-electron chi connectivity index (χ0n) is 12.5. The first-order valence-electron chi connectivity index (χ1n) is 6.93. The van der Waals surface area contributed by atoms with E-state index in [1.54, 1.807) is 6.07 Å². The van der Waals surface area contributed by atoms with Gasteiger partial charge in [-0.2, -0.15) is 0 Å². The number of nitrogen functional groups attached to an aromatic ring is 1. The van der Waals surface area contributed by atoms with E-state index in [9.17, 15) is 4.79 Å². The lowest BCUT2D eigenvalue weighted by atomic mass is 10.1. The highest BCUT2D eigenvalue weighted by molar-refractivity contribution is 5.95. The van der Waals surface area contributed by atoms with Crippen molar-refractivity contribution < 1.29 is 4.79 Å². The first-order valence-corrected chi connectivity index (χ1v) is 6.93. The molecule has 2 aromatic carbocycles. The maximum Gasteiger partial charge on any atom is 0.265 e. The topological polar surface area (TPSA) is 58.4 Å². The first kappa shape index (κ1) is 15.2. The zero-order chi connectivity index (χ0) is 15.2. The Kier molecular flexibility index (Phi) is 5.09. The van der Waals surface area contributed by atoms with Gasteiger partial charge >= 0.3 is 0 Å². The van der Waals surface area contributed by atoms with Crippen LogP contribution in [0.2, 0.25) is 0 Å². The highest BCUT2D eigenvalue weighted by Gasteiger charge is 2.11. The van der Waals surface area contributed by atoms with E-state index in [0.717, 1.165) is 12.1 Å². The van der Waals surface area contributed by atoms with Crippen molar-refractivity contribution in [2.24, 2.45) is 5.84 Å². The van der Waals surface area contributed by atoms with E-state index in [1.807, 2.05) is 25.2 Å². The molecule has 21 heavy (non-hydrogen) atoms. The third-order valence-corrected chi connectivity index (χ3v) is 3.41. The van der Waals surface area contributed by atoms with E-state index in [0.29, 0.717) is 12.1 Å². The second kappa shape index (κ2) is 7.02. The molecule has 0 saturated heterocycles. The fraction of sp³-hybridized carbons (Fsp3) is 0.235. The Morgan fingerprint density at radius 1 is 1.10 bits per heavy atom. The molecule has 0 heterocycles. The van der Waals surface area contributed by atoms with Crippen LogP contribution in [0.1, 0.15) is 27.0 Å². The average Bonchev–Trinajstić information content (AvgIpc) is 2.49. The molecule has 0 bridgehead atoms. The standard InChI is InChI=1S/C17H21N3O/c1-13-7-9-14(10-8-13)11-20(2)12-15-5-3-4-6-16(15)17(21)19-18/h3-10H,11-12,18H2,1-2H3,(H,19,21). The van der Waals surface area contributed by atoms with Crippen LogP contribution in [0.25, 0.3) is 0 Å². The fourth-order valence-electron chi connectivity index (χ4n) is 2.31. The molecule has 0 aliphatic heterocycles. The van der Waals surface area contributed by atoms with Crippen molar-refractivity contribution in [3.63, 3.8) is 0 Å². The Morgan fingerprint density at radius 2 is 1.76 bits per heavy atom. The Hall–Kier alpha value is -2.17. The number of nitrogens with zero attached hydrogens (tertiary/aromatic N) is 1. The molecule has 4 heteroatoms. The van der Waals surface area contributed by atoms with E-state index in [1.165, 1.54) is 11.1 Å². The largest absolute Gasteiger partial charge is 0.298 e. The number of amides is 1. The van der Waals surface area contributed by atoms with Crippen molar-refractivity contribution in [3.05, 3.63) is 70.8 Å². The van der Waals surface area contributed by atoms with Gasteiger partial charge in [0.1, 0.15) is 0 Å². The van der Waals surface area contributed by atoms with Gasteiger partial charge < -0.3 is 0 Å². The van der Waals surface area contributed by atoms with Crippen molar-refractivity contribution in [3.8, 4) is 0 Å². The van der Waals surface area contributed by atoms with Gasteiger partial charge in [-0.05, 0) is 31.2 Å². The number of nitrogens with two attached hydrogens (primary N) is 1. The van der Waals surface area contributed by atoms with Crippen LogP contribution < -0.4 is 11.3 Å². The summed E-state index contributed by atoms with van der Waals surface area (Å²) in [5.41, 5.74) is 6.29. The smallest absolute Gasteiger partial charge is 0.265 e. The van der Waals surface area contributed by atoms with Crippen LogP contribution >= 0.6 is 0 Å². The summed E-state index contributed by atoms with van der Waals surface area (Å²) in [5, 5.41) is 0. The molecule has 0 fully saturated rings. The van der Waals surface area contributed by atoms with E-state index in [-0.39, 0.29) is 5.91 Å².